The van der Waals surface area contributed by atoms with Gasteiger partial charge in [0.15, 0.2) is 0 Å². The molecule has 2 N–H and O–H groups in total. The predicted octanol–water partition coefficient (Wildman–Crippen LogP) is 0.972. The second-order valence-corrected chi connectivity index (χ2v) is 3.83. The number of nitrogens with zero attached hydrogens (tertiary/aromatic N) is 3. The molecule has 18 heavy (non-hydrogen) atoms. The molecule has 0 saturated heterocycles. The molecular formula is C12H12N4O2. The van der Waals surface area contributed by atoms with Gasteiger partial charge in [-0.25, -0.2) is 4.99 Å². The Hall–Kier alpha value is -2.21. The lowest BCUT2D eigenvalue weighted by Gasteiger charge is -2.02. The van der Waals surface area contributed by atoms with Crippen LogP contribution >= 0.6 is 0 Å². The van der Waals surface area contributed by atoms with Crippen LogP contribution in [-0.2, 0) is 11.3 Å². The maximum atomic E-state index is 5.44. The van der Waals surface area contributed by atoms with Crippen LogP contribution in [0.5, 0.6) is 0 Å². The van der Waals surface area contributed by atoms with Crippen LogP contribution in [0.15, 0.2) is 33.8 Å². The highest BCUT2D eigenvalue weighted by Gasteiger charge is 2.13. The van der Waals surface area contributed by atoms with E-state index in [0.717, 1.165) is 11.1 Å². The van der Waals surface area contributed by atoms with Crippen molar-refractivity contribution in [2.24, 2.45) is 10.7 Å². The van der Waals surface area contributed by atoms with Gasteiger partial charge in [-0.2, -0.15) is 4.98 Å². The summed E-state index contributed by atoms with van der Waals surface area (Å²) in [6, 6.07) is 7.68. The number of rotatable bonds is 3. The molecule has 3 rings (SSSR count). The molecule has 0 amide bonds. The van der Waals surface area contributed by atoms with Crippen LogP contribution in [0.4, 0.5) is 0 Å². The van der Waals surface area contributed by atoms with Gasteiger partial charge >= 0.3 is 0 Å². The molecule has 1 aromatic carbocycles. The van der Waals surface area contributed by atoms with E-state index in [1.807, 2.05) is 24.3 Å². The first-order valence-electron chi connectivity index (χ1n) is 5.67. The second kappa shape index (κ2) is 4.58. The van der Waals surface area contributed by atoms with Crippen molar-refractivity contribution in [3.63, 3.8) is 0 Å². The number of aliphatic imine (C=N–C) groups is 1. The minimum atomic E-state index is 0.239. The molecule has 2 aromatic rings. The fourth-order valence-electron chi connectivity index (χ4n) is 1.76. The van der Waals surface area contributed by atoms with Crippen molar-refractivity contribution < 1.29 is 9.26 Å². The topological polar surface area (TPSA) is 86.5 Å². The van der Waals surface area contributed by atoms with Crippen LogP contribution in [-0.4, -0.2) is 29.2 Å². The third-order valence-corrected chi connectivity index (χ3v) is 2.60. The van der Waals surface area contributed by atoms with Crippen molar-refractivity contribution >= 4 is 5.90 Å². The molecule has 6 heteroatoms. The number of nitrogens with two attached hydrogens (primary N) is 1. The maximum Gasteiger partial charge on any atom is 0.240 e. The minimum absolute atomic E-state index is 0.239. The lowest BCUT2D eigenvalue weighted by molar-refractivity contribution is 0.348. The average molecular weight is 244 g/mol. The maximum absolute atomic E-state index is 5.44. The standard InChI is InChI=1S/C12H12N4O2/c13-7-10-15-11(16-18-10)8-2-1-3-9(6-8)12-14-4-5-17-12/h1-3,6H,4-5,7,13H2. The van der Waals surface area contributed by atoms with Gasteiger partial charge in [0.05, 0.1) is 13.1 Å². The largest absolute Gasteiger partial charge is 0.476 e. The Balaban J connectivity index is 1.95. The van der Waals surface area contributed by atoms with Crippen LogP contribution in [0, 0.1) is 0 Å². The third-order valence-electron chi connectivity index (χ3n) is 2.60. The van der Waals surface area contributed by atoms with Crippen LogP contribution < -0.4 is 5.73 Å². The van der Waals surface area contributed by atoms with E-state index in [9.17, 15) is 0 Å². The molecule has 0 radical (unpaired) electrons. The zero-order valence-corrected chi connectivity index (χ0v) is 9.67. The number of hydrogen-bond donors (Lipinski definition) is 1. The molecule has 1 aliphatic heterocycles. The monoisotopic (exact) mass is 244 g/mol. The van der Waals surface area contributed by atoms with Gasteiger partial charge in [-0.15, -0.1) is 0 Å². The Labute approximate surface area is 103 Å². The fraction of sp³-hybridized carbons (Fsp3) is 0.250. The molecule has 0 aliphatic carbocycles. The van der Waals surface area contributed by atoms with Crippen LogP contribution in [0.1, 0.15) is 11.5 Å². The van der Waals surface area contributed by atoms with Crippen molar-refractivity contribution in [3.05, 3.63) is 35.7 Å². The normalized spacial score (nSPS) is 14.4. The zero-order chi connectivity index (χ0) is 12.4. The molecule has 0 spiro atoms. The quantitative estimate of drug-likeness (QED) is 0.869. The van der Waals surface area contributed by atoms with E-state index in [-0.39, 0.29) is 6.54 Å². The Bertz CT molecular complexity index is 591. The summed E-state index contributed by atoms with van der Waals surface area (Å²) in [5, 5.41) is 3.88. The molecule has 92 valence electrons. The lowest BCUT2D eigenvalue weighted by atomic mass is 10.1. The Kier molecular flexibility index (Phi) is 2.77. The van der Waals surface area contributed by atoms with Crippen LogP contribution in [0.25, 0.3) is 11.4 Å². The first-order chi connectivity index (χ1) is 8.86. The molecule has 1 aromatic heterocycles. The van der Waals surface area contributed by atoms with Crippen molar-refractivity contribution in [2.45, 2.75) is 6.54 Å². The number of aromatic nitrogens is 2. The van der Waals surface area contributed by atoms with E-state index in [4.69, 9.17) is 15.0 Å². The van der Waals surface area contributed by atoms with Gasteiger partial charge in [-0.3, -0.25) is 0 Å². The van der Waals surface area contributed by atoms with Crippen molar-refractivity contribution in [1.29, 1.82) is 0 Å². The van der Waals surface area contributed by atoms with Gasteiger partial charge in [0.25, 0.3) is 0 Å². The fourth-order valence-corrected chi connectivity index (χ4v) is 1.76. The van der Waals surface area contributed by atoms with Gasteiger partial charge in [0.1, 0.15) is 6.61 Å². The number of ether oxygens (including phenoxy) is 1. The molecule has 0 bridgehead atoms. The summed E-state index contributed by atoms with van der Waals surface area (Å²) in [5.41, 5.74) is 7.21. The highest BCUT2D eigenvalue weighted by Crippen LogP contribution is 2.18. The van der Waals surface area contributed by atoms with E-state index in [1.54, 1.807) is 0 Å². The van der Waals surface area contributed by atoms with Crippen molar-refractivity contribution in [2.75, 3.05) is 13.2 Å². The highest BCUT2D eigenvalue weighted by atomic mass is 16.5. The molecule has 6 nitrogen and oxygen atoms in total. The SMILES string of the molecule is NCc1nc(-c2cccc(C3=NCCO3)c2)no1. The Morgan fingerprint density at radius 3 is 2.89 bits per heavy atom. The molecule has 1 aliphatic rings. The van der Waals surface area contributed by atoms with Crippen molar-refractivity contribution in [3.8, 4) is 11.4 Å². The number of hydrogen-bond acceptors (Lipinski definition) is 6. The Morgan fingerprint density at radius 1 is 1.28 bits per heavy atom. The highest BCUT2D eigenvalue weighted by molar-refractivity contribution is 5.95. The zero-order valence-electron chi connectivity index (χ0n) is 9.67. The summed E-state index contributed by atoms with van der Waals surface area (Å²) in [6.45, 7) is 1.58. The first-order valence-corrected chi connectivity index (χ1v) is 5.67. The smallest absolute Gasteiger partial charge is 0.240 e. The van der Waals surface area contributed by atoms with E-state index in [1.165, 1.54) is 0 Å². The van der Waals surface area contributed by atoms with E-state index in [2.05, 4.69) is 15.1 Å². The van der Waals surface area contributed by atoms with Crippen LogP contribution in [0.3, 0.4) is 0 Å². The van der Waals surface area contributed by atoms with Gasteiger partial charge in [-0.1, -0.05) is 17.3 Å². The molecule has 0 fully saturated rings. The summed E-state index contributed by atoms with van der Waals surface area (Å²) in [4.78, 5) is 8.46. The molecule has 0 atom stereocenters. The lowest BCUT2D eigenvalue weighted by Crippen LogP contribution is -2.01. The summed E-state index contributed by atoms with van der Waals surface area (Å²) >= 11 is 0. The van der Waals surface area contributed by atoms with E-state index in [0.29, 0.717) is 30.8 Å². The Morgan fingerprint density at radius 2 is 2.17 bits per heavy atom. The van der Waals surface area contributed by atoms with Gasteiger partial charge < -0.3 is 15.0 Å². The van der Waals surface area contributed by atoms with Crippen LogP contribution in [0.2, 0.25) is 0 Å². The second-order valence-electron chi connectivity index (χ2n) is 3.83. The first kappa shape index (κ1) is 10.9. The molecular weight excluding hydrogens is 232 g/mol. The molecule has 2 heterocycles. The van der Waals surface area contributed by atoms with Crippen molar-refractivity contribution in [1.82, 2.24) is 10.1 Å². The van der Waals surface area contributed by atoms with Gasteiger partial charge in [0, 0.05) is 11.1 Å². The third kappa shape index (κ3) is 1.98. The van der Waals surface area contributed by atoms with E-state index >= 15 is 0 Å². The van der Waals surface area contributed by atoms with E-state index < -0.39 is 0 Å². The molecule has 0 saturated carbocycles. The predicted molar refractivity (Wildman–Crippen MR) is 65.0 cm³/mol. The van der Waals surface area contributed by atoms with Gasteiger partial charge in [0.2, 0.25) is 17.6 Å². The minimum Gasteiger partial charge on any atom is -0.476 e. The summed E-state index contributed by atoms with van der Waals surface area (Å²) in [5.74, 6) is 1.61. The molecule has 0 unspecified atom stereocenters. The summed E-state index contributed by atoms with van der Waals surface area (Å²) in [6.07, 6.45) is 0. The van der Waals surface area contributed by atoms with Gasteiger partial charge in [-0.05, 0) is 12.1 Å². The average Bonchev–Trinajstić information content (AvgIpc) is 3.10. The summed E-state index contributed by atoms with van der Waals surface area (Å²) in [7, 11) is 0. The summed E-state index contributed by atoms with van der Waals surface area (Å²) < 4.78 is 10.4. The number of benzene rings is 1.